The van der Waals surface area contributed by atoms with Crippen LogP contribution in [-0.2, 0) is 4.12 Å². The minimum Gasteiger partial charge on any atom is -0.444 e. The van der Waals surface area contributed by atoms with Gasteiger partial charge in [0, 0.05) is 6.04 Å². The number of rotatable bonds is 3. The van der Waals surface area contributed by atoms with Gasteiger partial charge < -0.3 is 4.12 Å². The van der Waals surface area contributed by atoms with E-state index in [1.807, 2.05) is 13.1 Å². The van der Waals surface area contributed by atoms with Crippen molar-refractivity contribution in [1.29, 1.82) is 0 Å². The van der Waals surface area contributed by atoms with Gasteiger partial charge in [0.1, 0.15) is 0 Å². The van der Waals surface area contributed by atoms with E-state index in [0.717, 1.165) is 6.04 Å². The van der Waals surface area contributed by atoms with Crippen molar-refractivity contribution in [3.8, 4) is 24.2 Å². The summed E-state index contributed by atoms with van der Waals surface area (Å²) in [5.74, 6) is 7.79. The molecule has 13 heavy (non-hydrogen) atoms. The molecular formula is C9H15ClOSi2. The molecule has 0 spiro atoms. The summed E-state index contributed by atoms with van der Waals surface area (Å²) in [6, 6.07) is 0.750. The maximum absolute atomic E-state index is 6.09. The average molecular weight is 231 g/mol. The smallest absolute Gasteiger partial charge is 0.274 e. The van der Waals surface area contributed by atoms with Gasteiger partial charge in [0.25, 0.3) is 7.63 Å². The van der Waals surface area contributed by atoms with Crippen LogP contribution in [0.2, 0.25) is 32.2 Å². The van der Waals surface area contributed by atoms with Crippen molar-refractivity contribution >= 4 is 27.0 Å². The molecule has 0 aliphatic heterocycles. The highest BCUT2D eigenvalue weighted by atomic mass is 35.6. The van der Waals surface area contributed by atoms with E-state index < -0.39 is 15.9 Å². The molecular weight excluding hydrogens is 216 g/mol. The Hall–Kier alpha value is -0.196. The summed E-state index contributed by atoms with van der Waals surface area (Å²) in [7, 11) is -3.65. The van der Waals surface area contributed by atoms with E-state index >= 15 is 0 Å². The van der Waals surface area contributed by atoms with Crippen LogP contribution in [-0.4, -0.2) is 15.9 Å². The molecule has 0 rings (SSSR count). The minimum absolute atomic E-state index is 0.750. The number of terminal acetylenes is 1. The average Bonchev–Trinajstić information content (AvgIpc) is 1.81. The van der Waals surface area contributed by atoms with Crippen LogP contribution in [0.1, 0.15) is 0 Å². The SMILES string of the molecule is C#CC#CC[Si](C)(C)O[Si](C)(C)Cl. The Labute approximate surface area is 87.8 Å². The van der Waals surface area contributed by atoms with Crippen LogP contribution < -0.4 is 0 Å². The number of hydrogen-bond acceptors (Lipinski definition) is 1. The molecule has 0 unspecified atom stereocenters. The lowest BCUT2D eigenvalue weighted by molar-refractivity contribution is 0.569. The third-order valence-electron chi connectivity index (χ3n) is 1.19. The molecule has 0 N–H and O–H groups in total. The molecule has 72 valence electrons. The second-order valence-corrected chi connectivity index (χ2v) is 14.0. The van der Waals surface area contributed by atoms with Crippen LogP contribution in [0.4, 0.5) is 0 Å². The van der Waals surface area contributed by atoms with Gasteiger partial charge >= 0.3 is 0 Å². The quantitative estimate of drug-likeness (QED) is 0.412. The van der Waals surface area contributed by atoms with Crippen molar-refractivity contribution in [3.05, 3.63) is 0 Å². The lowest BCUT2D eigenvalue weighted by Gasteiger charge is -2.27. The van der Waals surface area contributed by atoms with Crippen LogP contribution in [0, 0.1) is 24.2 Å². The second kappa shape index (κ2) is 4.88. The first-order chi connectivity index (χ1) is 5.77. The predicted octanol–water partition coefficient (Wildman–Crippen LogP) is 2.79. The molecule has 0 amide bonds. The molecule has 0 heterocycles. The minimum atomic E-state index is -1.94. The Morgan fingerprint density at radius 2 is 1.85 bits per heavy atom. The van der Waals surface area contributed by atoms with E-state index in [1.54, 1.807) is 0 Å². The van der Waals surface area contributed by atoms with Crippen LogP contribution in [0.15, 0.2) is 0 Å². The Morgan fingerprint density at radius 3 is 2.23 bits per heavy atom. The summed E-state index contributed by atoms with van der Waals surface area (Å²) in [5, 5.41) is 0. The van der Waals surface area contributed by atoms with Gasteiger partial charge in [0.15, 0.2) is 8.32 Å². The van der Waals surface area contributed by atoms with Crippen molar-refractivity contribution in [2.75, 3.05) is 0 Å². The zero-order valence-corrected chi connectivity index (χ0v) is 11.3. The molecule has 0 atom stereocenters. The molecule has 0 aromatic rings. The molecule has 0 aromatic carbocycles. The van der Waals surface area contributed by atoms with Gasteiger partial charge in [-0.05, 0) is 38.0 Å². The van der Waals surface area contributed by atoms with Crippen LogP contribution in [0.5, 0.6) is 0 Å². The lowest BCUT2D eigenvalue weighted by atomic mass is 10.6. The van der Waals surface area contributed by atoms with Crippen molar-refractivity contribution < 1.29 is 4.12 Å². The molecule has 0 aliphatic carbocycles. The third-order valence-corrected chi connectivity index (χ3v) is 7.07. The molecule has 1 nitrogen and oxygen atoms in total. The van der Waals surface area contributed by atoms with Crippen LogP contribution in [0.3, 0.4) is 0 Å². The third kappa shape index (κ3) is 8.14. The van der Waals surface area contributed by atoms with Crippen LogP contribution in [0.25, 0.3) is 0 Å². The fourth-order valence-corrected chi connectivity index (χ4v) is 8.94. The van der Waals surface area contributed by atoms with E-state index in [0.29, 0.717) is 0 Å². The molecule has 0 saturated carbocycles. The summed E-state index contributed by atoms with van der Waals surface area (Å²) in [4.78, 5) is 0. The molecule has 0 aliphatic rings. The summed E-state index contributed by atoms with van der Waals surface area (Å²) >= 11 is 6.09. The molecule has 4 heteroatoms. The zero-order chi connectivity index (χ0) is 10.5. The van der Waals surface area contributed by atoms with Gasteiger partial charge in [0.05, 0.1) is 0 Å². The molecule has 0 saturated heterocycles. The summed E-state index contributed by atoms with van der Waals surface area (Å²) in [6.45, 7) is 8.15. The highest BCUT2D eigenvalue weighted by molar-refractivity contribution is 7.17. The van der Waals surface area contributed by atoms with Gasteiger partial charge in [-0.1, -0.05) is 5.92 Å². The molecule has 0 aromatic heterocycles. The van der Waals surface area contributed by atoms with Crippen molar-refractivity contribution in [1.82, 2.24) is 0 Å². The first-order valence-corrected chi connectivity index (χ1v) is 11.1. The Balaban J connectivity index is 4.18. The summed E-state index contributed by atoms with van der Waals surface area (Å²) in [5.41, 5.74) is 0. The van der Waals surface area contributed by atoms with E-state index in [9.17, 15) is 0 Å². The lowest BCUT2D eigenvalue weighted by Crippen LogP contribution is -2.40. The Morgan fingerprint density at radius 1 is 1.31 bits per heavy atom. The molecule has 0 radical (unpaired) electrons. The van der Waals surface area contributed by atoms with Gasteiger partial charge in [-0.25, -0.2) is 0 Å². The monoisotopic (exact) mass is 230 g/mol. The summed E-state index contributed by atoms with van der Waals surface area (Å²) < 4.78 is 5.84. The Bertz CT molecular complexity index is 262. The van der Waals surface area contributed by atoms with Crippen LogP contribution >= 0.6 is 11.1 Å². The number of halogens is 1. The van der Waals surface area contributed by atoms with E-state index in [4.69, 9.17) is 21.6 Å². The van der Waals surface area contributed by atoms with Gasteiger partial charge in [-0.3, -0.25) is 0 Å². The van der Waals surface area contributed by atoms with E-state index in [-0.39, 0.29) is 0 Å². The zero-order valence-electron chi connectivity index (χ0n) is 8.57. The second-order valence-electron chi connectivity index (χ2n) is 3.85. The Kier molecular flexibility index (Phi) is 4.81. The maximum Gasteiger partial charge on any atom is 0.274 e. The largest absolute Gasteiger partial charge is 0.444 e. The standard InChI is InChI=1S/C9H15ClOSi2/c1-6-7-8-9-12(2,3)11-13(4,5)10/h1H,9H2,2-5H3. The molecule has 0 bridgehead atoms. The first kappa shape index (κ1) is 12.8. The summed E-state index contributed by atoms with van der Waals surface area (Å²) in [6.07, 6.45) is 5.02. The van der Waals surface area contributed by atoms with Gasteiger partial charge in [-0.2, -0.15) is 0 Å². The highest BCUT2D eigenvalue weighted by Crippen LogP contribution is 2.20. The van der Waals surface area contributed by atoms with Gasteiger partial charge in [0.2, 0.25) is 0 Å². The van der Waals surface area contributed by atoms with Crippen molar-refractivity contribution in [2.45, 2.75) is 32.2 Å². The van der Waals surface area contributed by atoms with Crippen molar-refractivity contribution in [3.63, 3.8) is 0 Å². The topological polar surface area (TPSA) is 9.23 Å². The normalized spacial score (nSPS) is 11.4. The predicted molar refractivity (Wildman–Crippen MR) is 63.3 cm³/mol. The van der Waals surface area contributed by atoms with E-state index in [2.05, 4.69) is 30.9 Å². The fraction of sp³-hybridized carbons (Fsp3) is 0.556. The highest BCUT2D eigenvalue weighted by Gasteiger charge is 2.30. The fourth-order valence-electron chi connectivity index (χ4n) is 1.00. The molecule has 0 fully saturated rings. The maximum atomic E-state index is 6.09. The number of hydrogen-bond donors (Lipinski definition) is 0. The van der Waals surface area contributed by atoms with Gasteiger partial charge in [-0.15, -0.1) is 17.5 Å². The van der Waals surface area contributed by atoms with Crippen molar-refractivity contribution in [2.24, 2.45) is 0 Å². The first-order valence-electron chi connectivity index (χ1n) is 4.09. The van der Waals surface area contributed by atoms with E-state index in [1.165, 1.54) is 0 Å².